The summed E-state index contributed by atoms with van der Waals surface area (Å²) >= 11 is 0. The first-order chi connectivity index (χ1) is 11.0. The minimum Gasteiger partial charge on any atom is -0.375 e. The number of carbonyl (C=O) groups excluding carboxylic acids is 3. The van der Waals surface area contributed by atoms with Crippen molar-refractivity contribution in [2.45, 2.75) is 56.7 Å². The molecule has 0 spiro atoms. The fourth-order valence-electron chi connectivity index (χ4n) is 3.03. The summed E-state index contributed by atoms with van der Waals surface area (Å²) in [5, 5.41) is 0.562. The fourth-order valence-corrected chi connectivity index (χ4v) is 3.03. The quantitative estimate of drug-likeness (QED) is 0.563. The number of nitrogens with zero attached hydrogens (tertiary/aromatic N) is 1. The maximum Gasteiger partial charge on any atom is 0.336 e. The van der Waals surface area contributed by atoms with Crippen molar-refractivity contribution in [3.63, 3.8) is 0 Å². The molecule has 0 aromatic rings. The maximum absolute atomic E-state index is 12.3. The van der Waals surface area contributed by atoms with Crippen LogP contribution in [0, 0.1) is 0 Å². The summed E-state index contributed by atoms with van der Waals surface area (Å²) in [6.45, 7) is 0. The Hall–Kier alpha value is -1.73. The molecule has 23 heavy (non-hydrogen) atoms. The molecule has 0 aromatic carbocycles. The second-order valence-corrected chi connectivity index (χ2v) is 5.82. The molecule has 2 rings (SSSR count). The molecular weight excluding hydrogens is 302 g/mol. The zero-order valence-corrected chi connectivity index (χ0v) is 13.6. The Morgan fingerprint density at radius 3 is 2.57 bits per heavy atom. The number of hydrogen-bond acceptors (Lipinski definition) is 6. The summed E-state index contributed by atoms with van der Waals surface area (Å²) in [6.07, 6.45) is 7.03. The lowest BCUT2D eigenvalue weighted by Gasteiger charge is -2.37. The number of methoxy groups -OCH3 is 2. The van der Waals surface area contributed by atoms with Crippen molar-refractivity contribution in [3.05, 3.63) is 12.2 Å². The van der Waals surface area contributed by atoms with E-state index in [0.29, 0.717) is 11.5 Å². The second-order valence-electron chi connectivity index (χ2n) is 5.82. The monoisotopic (exact) mass is 325 g/mol. The number of rotatable bonds is 5. The second kappa shape index (κ2) is 7.70. The van der Waals surface area contributed by atoms with E-state index in [1.165, 1.54) is 7.11 Å². The topological polar surface area (TPSA) is 82.1 Å². The molecule has 0 radical (unpaired) electrons. The lowest BCUT2D eigenvalue weighted by molar-refractivity contribution is -0.204. The van der Waals surface area contributed by atoms with Crippen molar-refractivity contribution in [2.24, 2.45) is 0 Å². The highest BCUT2D eigenvalue weighted by molar-refractivity contribution is 6.01. The first-order valence-electron chi connectivity index (χ1n) is 7.83. The van der Waals surface area contributed by atoms with Gasteiger partial charge in [0.2, 0.25) is 0 Å². The number of imide groups is 1. The van der Waals surface area contributed by atoms with Crippen LogP contribution >= 0.6 is 0 Å². The first-order valence-corrected chi connectivity index (χ1v) is 7.83. The van der Waals surface area contributed by atoms with E-state index in [-0.39, 0.29) is 19.3 Å². The van der Waals surface area contributed by atoms with Gasteiger partial charge in [0.25, 0.3) is 11.8 Å². The third kappa shape index (κ3) is 3.97. The van der Waals surface area contributed by atoms with Crippen molar-refractivity contribution < 1.29 is 28.7 Å². The highest BCUT2D eigenvalue weighted by Crippen LogP contribution is 2.32. The molecule has 128 valence electrons. The molecule has 0 aromatic heterocycles. The lowest BCUT2D eigenvalue weighted by Crippen LogP contribution is -2.47. The Kier molecular flexibility index (Phi) is 5.90. The molecule has 1 fully saturated rings. The van der Waals surface area contributed by atoms with Gasteiger partial charge in [0.1, 0.15) is 11.7 Å². The molecule has 2 atom stereocenters. The summed E-state index contributed by atoms with van der Waals surface area (Å²) in [6, 6.07) is 0. The van der Waals surface area contributed by atoms with E-state index in [9.17, 15) is 14.4 Å². The Morgan fingerprint density at radius 2 is 1.96 bits per heavy atom. The van der Waals surface area contributed by atoms with Gasteiger partial charge in [-0.2, -0.15) is 0 Å². The van der Waals surface area contributed by atoms with Gasteiger partial charge in [-0.3, -0.25) is 9.59 Å². The first kappa shape index (κ1) is 17.6. The van der Waals surface area contributed by atoms with Crippen LogP contribution in [-0.2, 0) is 28.7 Å². The van der Waals surface area contributed by atoms with Gasteiger partial charge < -0.3 is 14.3 Å². The minimum absolute atomic E-state index is 0.0744. The zero-order chi connectivity index (χ0) is 16.9. The summed E-state index contributed by atoms with van der Waals surface area (Å²) in [7, 11) is 3.09. The molecular formula is C16H23NO6. The van der Waals surface area contributed by atoms with Gasteiger partial charge in [-0.1, -0.05) is 18.6 Å². The van der Waals surface area contributed by atoms with Gasteiger partial charge in [-0.25, -0.2) is 4.79 Å². The number of ether oxygens (including phenoxy) is 2. The van der Waals surface area contributed by atoms with Crippen molar-refractivity contribution in [2.75, 3.05) is 14.2 Å². The van der Waals surface area contributed by atoms with Gasteiger partial charge in [-0.15, -0.1) is 5.06 Å². The number of carbonyl (C=O) groups is 3. The number of amides is 2. The molecule has 0 N–H and O–H groups in total. The van der Waals surface area contributed by atoms with Crippen LogP contribution in [0.2, 0.25) is 0 Å². The van der Waals surface area contributed by atoms with Crippen LogP contribution in [0.25, 0.3) is 0 Å². The molecule has 2 unspecified atom stereocenters. The summed E-state index contributed by atoms with van der Waals surface area (Å²) < 4.78 is 11.1. The molecule has 1 aliphatic carbocycles. The van der Waals surface area contributed by atoms with Gasteiger partial charge in [0, 0.05) is 27.1 Å². The van der Waals surface area contributed by atoms with E-state index in [2.05, 4.69) is 0 Å². The van der Waals surface area contributed by atoms with Crippen LogP contribution in [-0.4, -0.2) is 48.8 Å². The van der Waals surface area contributed by atoms with Gasteiger partial charge in [0.05, 0.1) is 6.42 Å². The molecule has 1 heterocycles. The highest BCUT2D eigenvalue weighted by atomic mass is 16.7. The van der Waals surface area contributed by atoms with Crippen LogP contribution in [0.15, 0.2) is 12.2 Å². The zero-order valence-electron chi connectivity index (χ0n) is 13.6. The van der Waals surface area contributed by atoms with Crippen LogP contribution in [0.1, 0.15) is 44.9 Å². The Labute approximate surface area is 135 Å². The van der Waals surface area contributed by atoms with Crippen LogP contribution in [0.3, 0.4) is 0 Å². The van der Waals surface area contributed by atoms with Crippen molar-refractivity contribution in [1.29, 1.82) is 0 Å². The summed E-state index contributed by atoms with van der Waals surface area (Å²) in [5.41, 5.74) is -0.866. The smallest absolute Gasteiger partial charge is 0.336 e. The third-order valence-electron chi connectivity index (χ3n) is 4.35. The average molecular weight is 325 g/mol. The molecule has 0 saturated carbocycles. The van der Waals surface area contributed by atoms with Crippen LogP contribution < -0.4 is 0 Å². The van der Waals surface area contributed by atoms with E-state index >= 15 is 0 Å². The lowest BCUT2D eigenvalue weighted by atomic mass is 9.84. The molecule has 1 aliphatic heterocycles. The van der Waals surface area contributed by atoms with Crippen LogP contribution in [0.4, 0.5) is 0 Å². The molecule has 1 saturated heterocycles. The van der Waals surface area contributed by atoms with Gasteiger partial charge in [-0.05, 0) is 19.3 Å². The van der Waals surface area contributed by atoms with Crippen LogP contribution in [0.5, 0.6) is 0 Å². The molecule has 2 aliphatic rings. The fraction of sp³-hybridized carbons (Fsp3) is 0.688. The van der Waals surface area contributed by atoms with E-state index in [4.69, 9.17) is 14.3 Å². The third-order valence-corrected chi connectivity index (χ3v) is 4.35. The molecule has 0 bridgehead atoms. The normalized spacial score (nSPS) is 30.0. The molecule has 7 heteroatoms. The number of hydroxylamine groups is 2. The van der Waals surface area contributed by atoms with E-state index in [0.717, 1.165) is 19.3 Å². The Morgan fingerprint density at radius 1 is 1.26 bits per heavy atom. The van der Waals surface area contributed by atoms with E-state index in [1.54, 1.807) is 7.11 Å². The van der Waals surface area contributed by atoms with Gasteiger partial charge >= 0.3 is 5.97 Å². The average Bonchev–Trinajstić information content (AvgIpc) is 2.82. The highest BCUT2D eigenvalue weighted by Gasteiger charge is 2.42. The SMILES string of the molecule is COC1/C=C/CCCCC1(CC(=O)ON1C(=O)CCC1=O)OC. The van der Waals surface area contributed by atoms with Crippen molar-refractivity contribution in [3.8, 4) is 0 Å². The predicted molar refractivity (Wildman–Crippen MR) is 79.9 cm³/mol. The minimum atomic E-state index is -0.866. The summed E-state index contributed by atoms with van der Waals surface area (Å²) in [5.74, 6) is -1.65. The number of hydrogen-bond donors (Lipinski definition) is 0. The molecule has 2 amide bonds. The van der Waals surface area contributed by atoms with Crippen molar-refractivity contribution in [1.82, 2.24) is 5.06 Å². The van der Waals surface area contributed by atoms with Crippen molar-refractivity contribution >= 4 is 17.8 Å². The Bertz CT molecular complexity index is 487. The standard InChI is InChI=1S/C16H23NO6/c1-21-12-7-5-3-4-6-10-16(12,22-2)11-15(20)23-17-13(18)8-9-14(17)19/h5,7,12H,3-4,6,8-11H2,1-2H3/b7-5+. The maximum atomic E-state index is 12.3. The summed E-state index contributed by atoms with van der Waals surface area (Å²) in [4.78, 5) is 40.3. The van der Waals surface area contributed by atoms with E-state index in [1.807, 2.05) is 12.2 Å². The largest absolute Gasteiger partial charge is 0.375 e. The Balaban J connectivity index is 2.10. The molecule has 7 nitrogen and oxygen atoms in total. The predicted octanol–water partition coefficient (Wildman–Crippen LogP) is 1.51. The van der Waals surface area contributed by atoms with E-state index < -0.39 is 29.5 Å². The number of allylic oxidation sites excluding steroid dienone is 1. The van der Waals surface area contributed by atoms with Gasteiger partial charge in [0.15, 0.2) is 0 Å².